The molecule has 0 unspecified atom stereocenters. The van der Waals surface area contributed by atoms with Gasteiger partial charge in [-0.2, -0.15) is 0 Å². The van der Waals surface area contributed by atoms with Gasteiger partial charge in [0.1, 0.15) is 0 Å². The Morgan fingerprint density at radius 3 is 2.68 bits per heavy atom. The molecule has 1 heterocycles. The summed E-state index contributed by atoms with van der Waals surface area (Å²) < 4.78 is 1.70. The second-order valence-corrected chi connectivity index (χ2v) is 4.75. The van der Waals surface area contributed by atoms with Gasteiger partial charge in [0.2, 0.25) is 0 Å². The first kappa shape index (κ1) is 13.4. The fraction of sp³-hybridized carbons (Fsp3) is 0.312. The van der Waals surface area contributed by atoms with Crippen molar-refractivity contribution in [2.75, 3.05) is 5.32 Å². The maximum atomic E-state index is 11.5. The van der Waals surface area contributed by atoms with Crippen molar-refractivity contribution in [1.29, 1.82) is 0 Å². The van der Waals surface area contributed by atoms with Gasteiger partial charge in [-0.3, -0.25) is 4.79 Å². The number of rotatable bonds is 4. The number of nitrogens with one attached hydrogen (secondary N) is 1. The Morgan fingerprint density at radius 1 is 1.16 bits per heavy atom. The monoisotopic (exact) mass is 256 g/mol. The van der Waals surface area contributed by atoms with Crippen LogP contribution < -0.4 is 10.9 Å². The molecule has 0 aliphatic carbocycles. The van der Waals surface area contributed by atoms with Crippen LogP contribution in [0.2, 0.25) is 0 Å². The molecule has 0 amide bonds. The van der Waals surface area contributed by atoms with Crippen molar-refractivity contribution in [3.63, 3.8) is 0 Å². The summed E-state index contributed by atoms with van der Waals surface area (Å²) in [6.07, 6.45) is 1.87. The predicted octanol–water partition coefficient (Wildman–Crippen LogP) is 3.10. The van der Waals surface area contributed by atoms with Crippen molar-refractivity contribution in [3.8, 4) is 0 Å². The highest BCUT2D eigenvalue weighted by atomic mass is 16.1. The molecule has 2 rings (SSSR count). The predicted molar refractivity (Wildman–Crippen MR) is 79.6 cm³/mol. The quantitative estimate of drug-likeness (QED) is 0.912. The van der Waals surface area contributed by atoms with E-state index in [0.29, 0.717) is 6.54 Å². The van der Waals surface area contributed by atoms with Crippen LogP contribution in [0, 0.1) is 13.8 Å². The highest BCUT2D eigenvalue weighted by Crippen LogP contribution is 2.14. The largest absolute Gasteiger partial charge is 0.380 e. The van der Waals surface area contributed by atoms with Gasteiger partial charge in [-0.25, -0.2) is 0 Å². The van der Waals surface area contributed by atoms with Gasteiger partial charge in [0, 0.05) is 25.4 Å². The standard InChI is InChI=1S/C16H20N2O/c1-4-18-11-15(8-9-16(18)19)17-10-14-7-5-6-12(2)13(14)3/h5-9,11,17H,4,10H2,1-3H3. The fourth-order valence-corrected chi connectivity index (χ4v) is 2.08. The minimum absolute atomic E-state index is 0.0415. The van der Waals surface area contributed by atoms with E-state index in [9.17, 15) is 4.79 Å². The van der Waals surface area contributed by atoms with Gasteiger partial charge in [-0.1, -0.05) is 18.2 Å². The third-order valence-electron chi connectivity index (χ3n) is 3.52. The molecule has 3 heteroatoms. The van der Waals surface area contributed by atoms with Crippen LogP contribution in [0.1, 0.15) is 23.6 Å². The topological polar surface area (TPSA) is 34.0 Å². The number of hydrogen-bond donors (Lipinski definition) is 1. The van der Waals surface area contributed by atoms with Gasteiger partial charge in [0.15, 0.2) is 0 Å². The molecule has 19 heavy (non-hydrogen) atoms. The summed E-state index contributed by atoms with van der Waals surface area (Å²) >= 11 is 0. The average Bonchev–Trinajstić information content (AvgIpc) is 2.42. The lowest BCUT2D eigenvalue weighted by atomic mass is 10.0. The van der Waals surface area contributed by atoms with Crippen LogP contribution in [0.25, 0.3) is 0 Å². The van der Waals surface area contributed by atoms with Gasteiger partial charge in [-0.05, 0) is 43.5 Å². The van der Waals surface area contributed by atoms with Crippen LogP contribution in [0.15, 0.2) is 41.3 Å². The third-order valence-corrected chi connectivity index (χ3v) is 3.52. The Balaban J connectivity index is 2.14. The van der Waals surface area contributed by atoms with E-state index < -0.39 is 0 Å². The molecule has 0 saturated carbocycles. The van der Waals surface area contributed by atoms with Crippen LogP contribution >= 0.6 is 0 Å². The Labute approximate surface area is 113 Å². The number of pyridine rings is 1. The third kappa shape index (κ3) is 3.05. The number of aryl methyl sites for hydroxylation is 2. The molecule has 0 fully saturated rings. The van der Waals surface area contributed by atoms with E-state index in [1.54, 1.807) is 10.6 Å². The van der Waals surface area contributed by atoms with E-state index in [0.717, 1.165) is 12.2 Å². The number of hydrogen-bond acceptors (Lipinski definition) is 2. The summed E-state index contributed by atoms with van der Waals surface area (Å²) in [6.45, 7) is 7.69. The fourth-order valence-electron chi connectivity index (χ4n) is 2.08. The van der Waals surface area contributed by atoms with Gasteiger partial charge in [-0.15, -0.1) is 0 Å². The molecule has 1 N–H and O–H groups in total. The molecule has 0 aliphatic heterocycles. The lowest BCUT2D eigenvalue weighted by Gasteiger charge is -2.12. The molecule has 3 nitrogen and oxygen atoms in total. The van der Waals surface area contributed by atoms with E-state index in [2.05, 4.69) is 37.4 Å². The Kier molecular flexibility index (Phi) is 4.05. The van der Waals surface area contributed by atoms with Crippen LogP contribution in [-0.4, -0.2) is 4.57 Å². The molecule has 0 bridgehead atoms. The molecule has 1 aromatic heterocycles. The summed E-state index contributed by atoms with van der Waals surface area (Å²) in [4.78, 5) is 11.5. The molecule has 1 aromatic carbocycles. The lowest BCUT2D eigenvalue weighted by molar-refractivity contribution is 0.727. The van der Waals surface area contributed by atoms with Crippen LogP contribution in [0.3, 0.4) is 0 Å². The molecule has 0 radical (unpaired) electrons. The summed E-state index contributed by atoms with van der Waals surface area (Å²) in [5.74, 6) is 0. The smallest absolute Gasteiger partial charge is 0.250 e. The second kappa shape index (κ2) is 5.74. The summed E-state index contributed by atoms with van der Waals surface area (Å²) in [5, 5.41) is 3.37. The Bertz CT molecular complexity index is 629. The van der Waals surface area contributed by atoms with E-state index in [1.807, 2.05) is 19.2 Å². The van der Waals surface area contributed by atoms with Crippen molar-refractivity contribution in [2.45, 2.75) is 33.9 Å². The zero-order valence-corrected chi connectivity index (χ0v) is 11.7. The zero-order valence-electron chi connectivity index (χ0n) is 11.7. The average molecular weight is 256 g/mol. The van der Waals surface area contributed by atoms with Gasteiger partial charge >= 0.3 is 0 Å². The van der Waals surface area contributed by atoms with Gasteiger partial charge < -0.3 is 9.88 Å². The Morgan fingerprint density at radius 2 is 1.95 bits per heavy atom. The number of anilines is 1. The van der Waals surface area contributed by atoms with Crippen LogP contribution in [0.4, 0.5) is 5.69 Å². The minimum Gasteiger partial charge on any atom is -0.380 e. The first-order valence-corrected chi connectivity index (χ1v) is 6.61. The summed E-state index contributed by atoms with van der Waals surface area (Å²) in [6, 6.07) is 9.77. The minimum atomic E-state index is 0.0415. The summed E-state index contributed by atoms with van der Waals surface area (Å²) in [5.41, 5.74) is 4.92. The second-order valence-electron chi connectivity index (χ2n) is 4.75. The zero-order chi connectivity index (χ0) is 13.8. The van der Waals surface area contributed by atoms with Gasteiger partial charge in [0.05, 0.1) is 5.69 Å². The van der Waals surface area contributed by atoms with Crippen molar-refractivity contribution in [3.05, 3.63) is 63.6 Å². The Hall–Kier alpha value is -2.03. The SMILES string of the molecule is CCn1cc(NCc2cccc(C)c2C)ccc1=O. The molecular formula is C16H20N2O. The van der Waals surface area contributed by atoms with E-state index in [4.69, 9.17) is 0 Å². The van der Waals surface area contributed by atoms with E-state index in [1.165, 1.54) is 16.7 Å². The van der Waals surface area contributed by atoms with Gasteiger partial charge in [0.25, 0.3) is 5.56 Å². The maximum absolute atomic E-state index is 11.5. The van der Waals surface area contributed by atoms with E-state index in [-0.39, 0.29) is 5.56 Å². The lowest BCUT2D eigenvalue weighted by Crippen LogP contribution is -2.17. The normalized spacial score (nSPS) is 10.5. The van der Waals surface area contributed by atoms with Crippen molar-refractivity contribution in [1.82, 2.24) is 4.57 Å². The van der Waals surface area contributed by atoms with E-state index >= 15 is 0 Å². The molecule has 2 aromatic rings. The maximum Gasteiger partial charge on any atom is 0.250 e. The first-order valence-electron chi connectivity index (χ1n) is 6.61. The molecule has 0 saturated heterocycles. The molecule has 0 atom stereocenters. The molecular weight excluding hydrogens is 236 g/mol. The summed E-state index contributed by atoms with van der Waals surface area (Å²) in [7, 11) is 0. The molecule has 0 spiro atoms. The van der Waals surface area contributed by atoms with Crippen molar-refractivity contribution >= 4 is 5.69 Å². The highest BCUT2D eigenvalue weighted by molar-refractivity contribution is 5.43. The van der Waals surface area contributed by atoms with Crippen LogP contribution in [0.5, 0.6) is 0 Å². The molecule has 0 aliphatic rings. The van der Waals surface area contributed by atoms with Crippen molar-refractivity contribution in [2.24, 2.45) is 0 Å². The molecule has 100 valence electrons. The van der Waals surface area contributed by atoms with Crippen LogP contribution in [-0.2, 0) is 13.1 Å². The number of nitrogens with zero attached hydrogens (tertiary/aromatic N) is 1. The highest BCUT2D eigenvalue weighted by Gasteiger charge is 2.01. The van der Waals surface area contributed by atoms with Crippen molar-refractivity contribution < 1.29 is 0 Å². The number of aromatic nitrogens is 1. The number of benzene rings is 1. The first-order chi connectivity index (χ1) is 9.11.